The summed E-state index contributed by atoms with van der Waals surface area (Å²) in [5.74, 6) is 0.455. The SMILES string of the molecule is COc1ccc(C(=O)N2CCC3CCC(C2)N3C)c(O)c1. The second-order valence-corrected chi connectivity index (χ2v) is 5.97. The van der Waals surface area contributed by atoms with Gasteiger partial charge in [0.1, 0.15) is 11.5 Å². The van der Waals surface area contributed by atoms with Crippen molar-refractivity contribution in [1.82, 2.24) is 9.80 Å². The van der Waals surface area contributed by atoms with Gasteiger partial charge in [-0.05, 0) is 38.4 Å². The lowest BCUT2D eigenvalue weighted by Gasteiger charge is -2.26. The molecule has 3 rings (SSSR count). The summed E-state index contributed by atoms with van der Waals surface area (Å²) in [7, 11) is 3.69. The molecule has 0 radical (unpaired) electrons. The average molecular weight is 290 g/mol. The van der Waals surface area contributed by atoms with Crippen LogP contribution in [0.2, 0.25) is 0 Å². The molecule has 1 N–H and O–H groups in total. The summed E-state index contributed by atoms with van der Waals surface area (Å²) in [5, 5.41) is 10.0. The van der Waals surface area contributed by atoms with E-state index in [0.29, 0.717) is 23.4 Å². The monoisotopic (exact) mass is 290 g/mol. The fourth-order valence-electron chi connectivity index (χ4n) is 3.48. The number of hydrogen-bond acceptors (Lipinski definition) is 4. The quantitative estimate of drug-likeness (QED) is 0.901. The Morgan fingerprint density at radius 1 is 1.29 bits per heavy atom. The summed E-state index contributed by atoms with van der Waals surface area (Å²) in [6.07, 6.45) is 3.40. The first-order valence-electron chi connectivity index (χ1n) is 7.48. The highest BCUT2D eigenvalue weighted by Crippen LogP contribution is 2.30. The molecule has 2 bridgehead atoms. The van der Waals surface area contributed by atoms with Gasteiger partial charge in [-0.2, -0.15) is 0 Å². The van der Waals surface area contributed by atoms with E-state index >= 15 is 0 Å². The van der Waals surface area contributed by atoms with E-state index in [1.807, 2.05) is 4.90 Å². The molecule has 2 atom stereocenters. The first-order chi connectivity index (χ1) is 10.1. The molecule has 0 saturated carbocycles. The van der Waals surface area contributed by atoms with E-state index in [1.54, 1.807) is 12.1 Å². The second-order valence-electron chi connectivity index (χ2n) is 5.97. The molecule has 0 aromatic heterocycles. The number of phenolic OH excluding ortho intramolecular Hbond substituents is 1. The predicted octanol–water partition coefficient (Wildman–Crippen LogP) is 1.71. The van der Waals surface area contributed by atoms with Crippen molar-refractivity contribution in [2.75, 3.05) is 27.2 Å². The van der Waals surface area contributed by atoms with Crippen molar-refractivity contribution in [1.29, 1.82) is 0 Å². The molecule has 0 aliphatic carbocycles. The molecule has 2 unspecified atom stereocenters. The Bertz CT molecular complexity index is 546. The third-order valence-corrected chi connectivity index (χ3v) is 4.87. The van der Waals surface area contributed by atoms with Crippen LogP contribution in [0.3, 0.4) is 0 Å². The van der Waals surface area contributed by atoms with Crippen LogP contribution in [0.25, 0.3) is 0 Å². The number of rotatable bonds is 2. The van der Waals surface area contributed by atoms with Gasteiger partial charge in [0.05, 0.1) is 12.7 Å². The minimum Gasteiger partial charge on any atom is -0.507 e. The third kappa shape index (κ3) is 2.58. The van der Waals surface area contributed by atoms with Crippen molar-refractivity contribution in [2.24, 2.45) is 0 Å². The number of likely N-dealkylation sites (N-methyl/N-ethyl adjacent to an activating group) is 1. The maximum Gasteiger partial charge on any atom is 0.257 e. The van der Waals surface area contributed by atoms with Gasteiger partial charge in [-0.1, -0.05) is 0 Å². The first-order valence-corrected chi connectivity index (χ1v) is 7.48. The van der Waals surface area contributed by atoms with Crippen LogP contribution < -0.4 is 4.74 Å². The number of aromatic hydroxyl groups is 1. The minimum absolute atomic E-state index is 0.0119. The number of benzene rings is 1. The highest BCUT2D eigenvalue weighted by atomic mass is 16.5. The van der Waals surface area contributed by atoms with Crippen LogP contribution in [0, 0.1) is 0 Å². The Morgan fingerprint density at radius 2 is 2.05 bits per heavy atom. The maximum absolute atomic E-state index is 12.7. The highest BCUT2D eigenvalue weighted by Gasteiger charge is 2.36. The van der Waals surface area contributed by atoms with Crippen LogP contribution in [0.4, 0.5) is 0 Å². The minimum atomic E-state index is -0.0869. The molecule has 21 heavy (non-hydrogen) atoms. The lowest BCUT2D eigenvalue weighted by Crippen LogP contribution is -2.39. The van der Waals surface area contributed by atoms with E-state index in [9.17, 15) is 9.90 Å². The highest BCUT2D eigenvalue weighted by molar-refractivity contribution is 5.97. The summed E-state index contributed by atoms with van der Waals surface area (Å²) >= 11 is 0. The standard InChI is InChI=1S/C16H22N2O3/c1-17-11-3-4-12(17)10-18(8-7-11)16(20)14-6-5-13(21-2)9-15(14)19/h5-6,9,11-12,19H,3-4,7-8,10H2,1-2H3. The molecule has 2 fully saturated rings. The number of carbonyl (C=O) groups is 1. The van der Waals surface area contributed by atoms with Crippen molar-refractivity contribution in [3.8, 4) is 11.5 Å². The molecule has 1 amide bonds. The van der Waals surface area contributed by atoms with Gasteiger partial charge >= 0.3 is 0 Å². The van der Waals surface area contributed by atoms with E-state index < -0.39 is 0 Å². The van der Waals surface area contributed by atoms with Gasteiger partial charge in [-0.15, -0.1) is 0 Å². The predicted molar refractivity (Wildman–Crippen MR) is 79.8 cm³/mol. The average Bonchev–Trinajstić information content (AvgIpc) is 2.71. The Morgan fingerprint density at radius 3 is 2.76 bits per heavy atom. The van der Waals surface area contributed by atoms with Crippen LogP contribution in [0.5, 0.6) is 11.5 Å². The van der Waals surface area contributed by atoms with E-state index in [2.05, 4.69) is 11.9 Å². The molecule has 114 valence electrons. The van der Waals surface area contributed by atoms with Gasteiger partial charge < -0.3 is 14.7 Å². The molecular formula is C16H22N2O3. The molecular weight excluding hydrogens is 268 g/mol. The van der Waals surface area contributed by atoms with E-state index in [4.69, 9.17) is 4.74 Å². The number of likely N-dealkylation sites (tertiary alicyclic amines) is 1. The zero-order valence-electron chi connectivity index (χ0n) is 12.6. The fraction of sp³-hybridized carbons (Fsp3) is 0.562. The molecule has 1 aromatic carbocycles. The Balaban J connectivity index is 1.79. The van der Waals surface area contributed by atoms with Gasteiger partial charge in [-0.3, -0.25) is 9.69 Å². The summed E-state index contributed by atoms with van der Waals surface area (Å²) < 4.78 is 5.06. The number of nitrogens with zero attached hydrogens (tertiary/aromatic N) is 2. The lowest BCUT2D eigenvalue weighted by atomic mass is 10.1. The van der Waals surface area contributed by atoms with E-state index in [0.717, 1.165) is 25.9 Å². The molecule has 5 heteroatoms. The Labute approximate surface area is 125 Å². The van der Waals surface area contributed by atoms with E-state index in [1.165, 1.54) is 19.6 Å². The lowest BCUT2D eigenvalue weighted by molar-refractivity contribution is 0.0737. The number of hydrogen-bond donors (Lipinski definition) is 1. The number of fused-ring (bicyclic) bond motifs is 2. The van der Waals surface area contributed by atoms with Crippen LogP contribution in [-0.2, 0) is 0 Å². The van der Waals surface area contributed by atoms with Gasteiger partial charge in [0, 0.05) is 31.2 Å². The molecule has 5 nitrogen and oxygen atoms in total. The van der Waals surface area contributed by atoms with Crippen LogP contribution >= 0.6 is 0 Å². The Hall–Kier alpha value is -1.75. The number of phenols is 1. The van der Waals surface area contributed by atoms with Crippen molar-refractivity contribution in [3.05, 3.63) is 23.8 Å². The fourth-order valence-corrected chi connectivity index (χ4v) is 3.48. The molecule has 2 aliphatic heterocycles. The summed E-state index contributed by atoms with van der Waals surface area (Å²) in [6, 6.07) is 5.88. The molecule has 0 spiro atoms. The molecule has 2 saturated heterocycles. The normalized spacial score (nSPS) is 25.7. The second kappa shape index (κ2) is 5.56. The van der Waals surface area contributed by atoms with Crippen molar-refractivity contribution in [3.63, 3.8) is 0 Å². The van der Waals surface area contributed by atoms with Crippen LogP contribution in [0.1, 0.15) is 29.6 Å². The topological polar surface area (TPSA) is 53.0 Å². The zero-order valence-corrected chi connectivity index (χ0v) is 12.6. The maximum atomic E-state index is 12.7. The smallest absolute Gasteiger partial charge is 0.257 e. The zero-order chi connectivity index (χ0) is 15.0. The number of methoxy groups -OCH3 is 1. The van der Waals surface area contributed by atoms with Crippen LogP contribution in [-0.4, -0.2) is 60.1 Å². The van der Waals surface area contributed by atoms with Gasteiger partial charge in [0.25, 0.3) is 5.91 Å². The van der Waals surface area contributed by atoms with Crippen molar-refractivity contribution in [2.45, 2.75) is 31.3 Å². The summed E-state index contributed by atoms with van der Waals surface area (Å²) in [6.45, 7) is 1.51. The molecule has 2 heterocycles. The van der Waals surface area contributed by atoms with Crippen molar-refractivity contribution < 1.29 is 14.6 Å². The van der Waals surface area contributed by atoms with Gasteiger partial charge in [-0.25, -0.2) is 0 Å². The first kappa shape index (κ1) is 14.2. The van der Waals surface area contributed by atoms with Crippen molar-refractivity contribution >= 4 is 5.91 Å². The van der Waals surface area contributed by atoms with Crippen LogP contribution in [0.15, 0.2) is 18.2 Å². The number of amides is 1. The van der Waals surface area contributed by atoms with E-state index in [-0.39, 0.29) is 11.7 Å². The Kier molecular flexibility index (Phi) is 3.76. The largest absolute Gasteiger partial charge is 0.507 e. The summed E-state index contributed by atoms with van der Waals surface area (Å²) in [4.78, 5) is 16.9. The third-order valence-electron chi connectivity index (χ3n) is 4.87. The summed E-state index contributed by atoms with van der Waals surface area (Å²) in [5.41, 5.74) is 0.358. The number of carbonyl (C=O) groups excluding carboxylic acids is 1. The van der Waals surface area contributed by atoms with Gasteiger partial charge in [0.15, 0.2) is 0 Å². The molecule has 2 aliphatic rings. The van der Waals surface area contributed by atoms with Gasteiger partial charge in [0.2, 0.25) is 0 Å². The number of ether oxygens (including phenoxy) is 1. The molecule has 1 aromatic rings.